The highest BCUT2D eigenvalue weighted by Gasteiger charge is 2.29. The molecule has 0 aromatic heterocycles. The molecule has 0 bridgehead atoms. The van der Waals surface area contributed by atoms with Crippen LogP contribution in [-0.4, -0.2) is 43.8 Å². The molecule has 43 heavy (non-hydrogen) atoms. The number of fused-ring (bicyclic) bond motifs is 1. The molecule has 224 valence electrons. The fourth-order valence-electron chi connectivity index (χ4n) is 4.42. The predicted molar refractivity (Wildman–Crippen MR) is 160 cm³/mol. The van der Waals surface area contributed by atoms with E-state index in [-0.39, 0.29) is 46.8 Å². The lowest BCUT2D eigenvalue weighted by Gasteiger charge is -2.16. The van der Waals surface area contributed by atoms with Crippen LogP contribution in [0, 0.1) is 0 Å². The first-order chi connectivity index (χ1) is 20.3. The molecule has 2 aliphatic heterocycles. The largest absolute Gasteiger partial charge is 0.446 e. The normalized spacial score (nSPS) is 12.2. The summed E-state index contributed by atoms with van der Waals surface area (Å²) in [6.45, 7) is 0.0153. The Bertz CT molecular complexity index is 1910. The Morgan fingerprint density at radius 1 is 0.907 bits per heavy atom. The van der Waals surface area contributed by atoms with Gasteiger partial charge in [-0.15, -0.1) is 0 Å². The molecule has 15 heteroatoms. The summed E-state index contributed by atoms with van der Waals surface area (Å²) in [5.41, 5.74) is -1.49. The third-order valence-electron chi connectivity index (χ3n) is 6.35. The minimum Gasteiger partial charge on any atom is -0.286 e. The van der Waals surface area contributed by atoms with E-state index >= 15 is 0 Å². The molecular formula is C28H21Cl2F3N4O4S2. The van der Waals surface area contributed by atoms with Gasteiger partial charge in [-0.25, -0.2) is 9.36 Å². The maximum Gasteiger partial charge on any atom is 0.446 e. The number of benzene rings is 3. The molecule has 0 radical (unpaired) electrons. The number of alkyl halides is 3. The molecule has 2 aliphatic rings. The van der Waals surface area contributed by atoms with Crippen molar-refractivity contribution in [2.75, 3.05) is 5.75 Å². The second-order valence-corrected chi connectivity index (χ2v) is 13.1. The number of nitrogens with zero attached hydrogens (tertiary/aromatic N) is 4. The number of aromatic nitrogens is 4. The van der Waals surface area contributed by atoms with Crippen LogP contribution in [0.2, 0.25) is 10.0 Å². The van der Waals surface area contributed by atoms with Crippen LogP contribution in [0.1, 0.15) is 17.5 Å². The predicted octanol–water partition coefficient (Wildman–Crippen LogP) is 6.99. The van der Waals surface area contributed by atoms with Gasteiger partial charge in [-0.05, 0) is 84.3 Å². The number of halogens is 5. The number of thioether (sulfide) groups is 1. The maximum absolute atomic E-state index is 13.3. The average Bonchev–Trinajstić information content (AvgIpc) is 3.22. The van der Waals surface area contributed by atoms with Gasteiger partial charge in [0.15, 0.2) is 5.69 Å². The van der Waals surface area contributed by atoms with Crippen LogP contribution in [-0.2, 0) is 23.1 Å². The highest BCUT2D eigenvalue weighted by molar-refractivity contribution is 8.00. The molecule has 0 unspecified atom stereocenters. The summed E-state index contributed by atoms with van der Waals surface area (Å²) in [4.78, 5) is 13.4. The van der Waals surface area contributed by atoms with Crippen molar-refractivity contribution < 1.29 is 26.1 Å². The van der Waals surface area contributed by atoms with Crippen molar-refractivity contribution in [3.05, 3.63) is 104 Å². The van der Waals surface area contributed by atoms with Gasteiger partial charge in [-0.2, -0.15) is 31.8 Å². The Morgan fingerprint density at radius 3 is 2.21 bits per heavy atom. The quantitative estimate of drug-likeness (QED) is 0.133. The smallest absolute Gasteiger partial charge is 0.286 e. The van der Waals surface area contributed by atoms with Crippen LogP contribution in [0.5, 0.6) is 0 Å². The Morgan fingerprint density at radius 2 is 1.58 bits per heavy atom. The van der Waals surface area contributed by atoms with E-state index in [4.69, 9.17) is 27.8 Å². The molecule has 0 aliphatic carbocycles. The van der Waals surface area contributed by atoms with Crippen LogP contribution >= 0.6 is 35.0 Å². The zero-order valence-electron chi connectivity index (χ0n) is 21.9. The van der Waals surface area contributed by atoms with E-state index in [1.807, 2.05) is 0 Å². The molecule has 0 fully saturated rings. The number of rotatable bonds is 9. The first-order valence-electron chi connectivity index (χ1n) is 12.6. The van der Waals surface area contributed by atoms with E-state index < -0.39 is 21.2 Å². The molecular weight excluding hydrogens is 648 g/mol. The molecule has 0 saturated carbocycles. The van der Waals surface area contributed by atoms with E-state index in [2.05, 4.69) is 10.2 Å². The first-order valence-corrected chi connectivity index (χ1v) is 15.8. The van der Waals surface area contributed by atoms with Crippen LogP contribution in [0.15, 0.2) is 82.5 Å². The second-order valence-electron chi connectivity index (χ2n) is 9.51. The van der Waals surface area contributed by atoms with Gasteiger partial charge < -0.3 is 0 Å². The van der Waals surface area contributed by atoms with Crippen molar-refractivity contribution in [2.45, 2.75) is 29.8 Å². The van der Waals surface area contributed by atoms with Gasteiger partial charge >= 0.3 is 5.51 Å². The van der Waals surface area contributed by atoms with Crippen molar-refractivity contribution in [1.29, 1.82) is 0 Å². The zero-order valence-corrected chi connectivity index (χ0v) is 25.1. The third kappa shape index (κ3) is 7.78. The van der Waals surface area contributed by atoms with E-state index in [1.54, 1.807) is 48.5 Å². The van der Waals surface area contributed by atoms with Gasteiger partial charge in [0.2, 0.25) is 0 Å². The van der Waals surface area contributed by atoms with Crippen LogP contribution in [0.25, 0.3) is 28.3 Å². The van der Waals surface area contributed by atoms with E-state index in [9.17, 15) is 26.4 Å². The maximum atomic E-state index is 13.3. The summed E-state index contributed by atoms with van der Waals surface area (Å²) < 4.78 is 71.8. The fraction of sp³-hybridized carbons (Fsp3) is 0.179. The van der Waals surface area contributed by atoms with Gasteiger partial charge in [0, 0.05) is 15.5 Å². The van der Waals surface area contributed by atoms with Gasteiger partial charge in [0.1, 0.15) is 5.69 Å². The molecule has 5 rings (SSSR count). The van der Waals surface area contributed by atoms with Crippen LogP contribution in [0.3, 0.4) is 0 Å². The molecule has 8 nitrogen and oxygen atoms in total. The lowest BCUT2D eigenvalue weighted by atomic mass is 10.1. The molecule has 3 aromatic rings. The Hall–Kier alpha value is -3.36. The highest BCUT2D eigenvalue weighted by Crippen LogP contribution is 2.37. The van der Waals surface area contributed by atoms with Gasteiger partial charge in [0.05, 0.1) is 28.7 Å². The van der Waals surface area contributed by atoms with Crippen molar-refractivity contribution in [1.82, 2.24) is 19.6 Å². The Kier molecular flexibility index (Phi) is 8.91. The lowest BCUT2D eigenvalue weighted by molar-refractivity contribution is -0.0328. The topological polar surface area (TPSA) is 107 Å². The minimum atomic E-state index is -4.40. The summed E-state index contributed by atoms with van der Waals surface area (Å²) in [6, 6.07) is 19.4. The summed E-state index contributed by atoms with van der Waals surface area (Å²) in [5.74, 6) is -0.353. The van der Waals surface area contributed by atoms with E-state index in [0.717, 1.165) is 5.56 Å². The molecule has 0 saturated heterocycles. The molecule has 2 heterocycles. The van der Waals surface area contributed by atoms with Crippen molar-refractivity contribution >= 4 is 45.1 Å². The first kappa shape index (κ1) is 31.1. The highest BCUT2D eigenvalue weighted by atomic mass is 35.5. The lowest BCUT2D eigenvalue weighted by Crippen LogP contribution is -2.19. The van der Waals surface area contributed by atoms with Crippen molar-refractivity contribution in [3.8, 4) is 28.3 Å². The summed E-state index contributed by atoms with van der Waals surface area (Å²) in [5, 5.41) is 9.81. The van der Waals surface area contributed by atoms with Gasteiger partial charge in [-0.3, -0.25) is 9.35 Å². The second kappa shape index (κ2) is 12.3. The number of hydrogen-bond acceptors (Lipinski definition) is 6. The number of aryl methyl sites for hydroxylation is 1. The average molecular weight is 670 g/mol. The SMILES string of the molecule is O=c1c2nn(-c3ccc(CCCS(=O)(=O)O)cc3)c(-c3ccc(Cl)cc3Cl)cc-2nn1Cc1ccc(SC(F)(F)F)cc1. The summed E-state index contributed by atoms with van der Waals surface area (Å²) in [7, 11) is -4.06. The molecule has 0 atom stereocenters. The minimum absolute atomic E-state index is 0.0153. The molecule has 0 amide bonds. The number of hydrogen-bond donors (Lipinski definition) is 1. The van der Waals surface area contributed by atoms with Crippen LogP contribution < -0.4 is 5.56 Å². The Labute approximate surface area is 258 Å². The van der Waals surface area contributed by atoms with Gasteiger partial charge in [-0.1, -0.05) is 47.5 Å². The van der Waals surface area contributed by atoms with E-state index in [1.165, 1.54) is 33.6 Å². The standard InChI is InChI=1S/C28H21Cl2F3N4O4S2/c29-19-7-12-22(23(30)14-19)25-15-24-26(35-37(25)20-8-3-17(4-9-20)2-1-13-43(39,40)41)27(38)36(34-24)16-18-5-10-21(11-6-18)42-28(31,32)33/h3-12,14-15H,1-2,13,16H2,(H,39,40,41). The van der Waals surface area contributed by atoms with E-state index in [0.29, 0.717) is 39.0 Å². The summed E-state index contributed by atoms with van der Waals surface area (Å²) >= 11 is 12.4. The Balaban J connectivity index is 1.53. The van der Waals surface area contributed by atoms with Gasteiger partial charge in [0.25, 0.3) is 15.7 Å². The summed E-state index contributed by atoms with van der Waals surface area (Å²) in [6.07, 6.45) is 0.657. The molecule has 0 spiro atoms. The molecule has 3 aromatic carbocycles. The fourth-order valence-corrected chi connectivity index (χ4v) is 5.97. The van der Waals surface area contributed by atoms with Crippen molar-refractivity contribution in [3.63, 3.8) is 0 Å². The van der Waals surface area contributed by atoms with Crippen molar-refractivity contribution in [2.24, 2.45) is 0 Å². The molecule has 1 N–H and O–H groups in total. The zero-order chi connectivity index (χ0) is 30.9. The monoisotopic (exact) mass is 668 g/mol. The van der Waals surface area contributed by atoms with Crippen LogP contribution in [0.4, 0.5) is 13.2 Å². The third-order valence-corrected chi connectivity index (χ3v) is 8.45.